The third-order valence-corrected chi connectivity index (χ3v) is 10.6. The van der Waals surface area contributed by atoms with Crippen LogP contribution in [0.4, 0.5) is 0 Å². The Labute approximate surface area is 156 Å². The van der Waals surface area contributed by atoms with Crippen LogP contribution < -0.4 is 0 Å². The molecule has 2 spiro atoms. The van der Waals surface area contributed by atoms with Crippen LogP contribution in [-0.4, -0.2) is 57.7 Å². The van der Waals surface area contributed by atoms with Crippen LogP contribution in [0.25, 0.3) is 0 Å². The molecule has 1 saturated heterocycles. The lowest BCUT2D eigenvalue weighted by Crippen LogP contribution is -2.68. The average molecular weight is 360 g/mol. The number of likely N-dealkylation sites (tertiary alicyclic amines) is 1. The van der Waals surface area contributed by atoms with Gasteiger partial charge in [-0.15, -0.1) is 0 Å². The Morgan fingerprint density at radius 1 is 1.19 bits per heavy atom. The van der Waals surface area contributed by atoms with Crippen LogP contribution in [0.5, 0.6) is 0 Å². The third-order valence-electron chi connectivity index (χ3n) is 10.6. The molecule has 3 N–H and O–H groups in total. The summed E-state index contributed by atoms with van der Waals surface area (Å²) in [6, 6.07) is 0.373. The summed E-state index contributed by atoms with van der Waals surface area (Å²) in [5.74, 6) is 1.26. The minimum Gasteiger partial charge on any atom is -0.392 e. The van der Waals surface area contributed by atoms with E-state index < -0.39 is 12.2 Å². The molecule has 11 atom stereocenters. The Bertz CT molecular complexity index is 695. The van der Waals surface area contributed by atoms with E-state index in [2.05, 4.69) is 25.3 Å². The molecule has 0 radical (unpaired) electrons. The van der Waals surface area contributed by atoms with Crippen molar-refractivity contribution in [1.29, 1.82) is 0 Å². The highest BCUT2D eigenvalue weighted by Crippen LogP contribution is 2.83. The molecule has 0 amide bonds. The van der Waals surface area contributed by atoms with Gasteiger partial charge in [-0.1, -0.05) is 20.4 Å². The van der Waals surface area contributed by atoms with E-state index in [0.29, 0.717) is 17.9 Å². The second kappa shape index (κ2) is 4.59. The van der Waals surface area contributed by atoms with Crippen molar-refractivity contribution in [3.05, 3.63) is 12.2 Å². The Morgan fingerprint density at radius 2 is 1.96 bits per heavy atom. The van der Waals surface area contributed by atoms with Gasteiger partial charge in [0.2, 0.25) is 0 Å². The van der Waals surface area contributed by atoms with Crippen molar-refractivity contribution < 1.29 is 15.3 Å². The fraction of sp³-hybridized carbons (Fsp3) is 0.909. The van der Waals surface area contributed by atoms with Crippen molar-refractivity contribution in [2.45, 2.75) is 70.3 Å². The molecule has 1 heterocycles. The molecule has 0 aromatic carbocycles. The molecule has 7 bridgehead atoms. The monoisotopic (exact) mass is 359 g/mol. The summed E-state index contributed by atoms with van der Waals surface area (Å²) in [6.45, 7) is 11.1. The standard InChI is InChI=1S/C22H33NO3/c1-4-23-10-20(3)6-5-17(25)22-15(20)7-13(18(22)23)21-9-12(11(2)19(21)26)14(24)8-16(21)22/h12-19,24-26H,2,4-10H2,1,3H3/t12-,13?,14-,15?,16-,17+,18?,19-,20?,21+,22-/m1/s1. The fourth-order valence-electron chi connectivity index (χ4n) is 9.97. The maximum atomic E-state index is 11.5. The summed E-state index contributed by atoms with van der Waals surface area (Å²) in [5, 5.41) is 33.8. The highest BCUT2D eigenvalue weighted by Gasteiger charge is 2.85. The van der Waals surface area contributed by atoms with Crippen LogP contribution in [0.15, 0.2) is 12.2 Å². The Morgan fingerprint density at radius 3 is 2.69 bits per heavy atom. The largest absolute Gasteiger partial charge is 0.392 e. The van der Waals surface area contributed by atoms with E-state index in [4.69, 9.17) is 0 Å². The van der Waals surface area contributed by atoms with Crippen molar-refractivity contribution in [2.24, 2.45) is 39.9 Å². The molecule has 4 unspecified atom stereocenters. The van der Waals surface area contributed by atoms with Gasteiger partial charge in [-0.25, -0.2) is 0 Å². The summed E-state index contributed by atoms with van der Waals surface area (Å²) in [6.07, 6.45) is 3.58. The second-order valence-corrected chi connectivity index (χ2v) is 10.9. The third kappa shape index (κ3) is 1.37. The zero-order chi connectivity index (χ0) is 18.2. The zero-order valence-corrected chi connectivity index (χ0v) is 16.1. The van der Waals surface area contributed by atoms with E-state index >= 15 is 0 Å². The summed E-state index contributed by atoms with van der Waals surface area (Å²) in [7, 11) is 0. The van der Waals surface area contributed by atoms with Gasteiger partial charge in [0.15, 0.2) is 0 Å². The highest BCUT2D eigenvalue weighted by atomic mass is 16.3. The quantitative estimate of drug-likeness (QED) is 0.625. The van der Waals surface area contributed by atoms with Gasteiger partial charge in [-0.3, -0.25) is 4.90 Å². The number of nitrogens with zero attached hydrogens (tertiary/aromatic N) is 1. The first-order chi connectivity index (χ1) is 12.3. The molecule has 1 aliphatic heterocycles. The summed E-state index contributed by atoms with van der Waals surface area (Å²) < 4.78 is 0. The van der Waals surface area contributed by atoms with Gasteiger partial charge >= 0.3 is 0 Å². The highest BCUT2D eigenvalue weighted by molar-refractivity contribution is 5.39. The first-order valence-electron chi connectivity index (χ1n) is 10.8. The van der Waals surface area contributed by atoms with Crippen molar-refractivity contribution in [2.75, 3.05) is 13.1 Å². The van der Waals surface area contributed by atoms with Crippen molar-refractivity contribution in [1.82, 2.24) is 4.90 Å². The Balaban J connectivity index is 1.61. The van der Waals surface area contributed by atoms with E-state index in [1.807, 2.05) is 0 Å². The normalized spacial score (nSPS) is 65.5. The Hall–Kier alpha value is -0.420. The SMILES string of the molecule is C=C1[C@H]2C[C@@]3(C4CC5C6(C)CC[C@H](O)[C@]5(C4N(CC)C6)[C@@H]3C[C@H]2O)[C@@H]1O. The Kier molecular flexibility index (Phi) is 2.92. The van der Waals surface area contributed by atoms with E-state index in [9.17, 15) is 15.3 Å². The second-order valence-electron chi connectivity index (χ2n) is 10.9. The zero-order valence-electron chi connectivity index (χ0n) is 16.1. The van der Waals surface area contributed by atoms with Crippen LogP contribution >= 0.6 is 0 Å². The molecule has 26 heavy (non-hydrogen) atoms. The van der Waals surface area contributed by atoms with E-state index in [1.54, 1.807) is 0 Å². The lowest BCUT2D eigenvalue weighted by Gasteiger charge is -2.65. The van der Waals surface area contributed by atoms with Crippen LogP contribution in [0.3, 0.4) is 0 Å². The van der Waals surface area contributed by atoms with E-state index in [1.165, 1.54) is 0 Å². The number of hydrogen-bond donors (Lipinski definition) is 3. The van der Waals surface area contributed by atoms with Gasteiger partial charge in [0.25, 0.3) is 0 Å². The number of hydrogen-bond acceptors (Lipinski definition) is 4. The van der Waals surface area contributed by atoms with Gasteiger partial charge in [-0.2, -0.15) is 0 Å². The predicted octanol–water partition coefficient (Wildman–Crippen LogP) is 1.79. The number of aliphatic hydroxyl groups excluding tert-OH is 3. The first-order valence-corrected chi connectivity index (χ1v) is 10.8. The number of fused-ring (bicyclic) bond motifs is 1. The molecular weight excluding hydrogens is 326 g/mol. The molecule has 6 rings (SSSR count). The summed E-state index contributed by atoms with van der Waals surface area (Å²) in [5.41, 5.74) is 0.849. The van der Waals surface area contributed by atoms with Crippen LogP contribution in [0.2, 0.25) is 0 Å². The number of piperidine rings is 1. The minimum absolute atomic E-state index is 0.0547. The lowest BCUT2D eigenvalue weighted by molar-refractivity contribution is -0.218. The summed E-state index contributed by atoms with van der Waals surface area (Å²) in [4.78, 5) is 2.65. The minimum atomic E-state index is -0.500. The topological polar surface area (TPSA) is 63.9 Å². The van der Waals surface area contributed by atoms with Crippen LogP contribution in [0.1, 0.15) is 46.0 Å². The van der Waals surface area contributed by atoms with E-state index in [0.717, 1.165) is 50.8 Å². The van der Waals surface area contributed by atoms with Gasteiger partial charge < -0.3 is 15.3 Å². The van der Waals surface area contributed by atoms with Crippen molar-refractivity contribution >= 4 is 0 Å². The predicted molar refractivity (Wildman–Crippen MR) is 98.2 cm³/mol. The van der Waals surface area contributed by atoms with Crippen molar-refractivity contribution in [3.63, 3.8) is 0 Å². The van der Waals surface area contributed by atoms with Crippen LogP contribution in [-0.2, 0) is 0 Å². The molecule has 4 heteroatoms. The molecule has 144 valence electrons. The van der Waals surface area contributed by atoms with Gasteiger partial charge in [0.1, 0.15) is 0 Å². The van der Waals surface area contributed by atoms with Gasteiger partial charge in [0.05, 0.1) is 18.3 Å². The summed E-state index contributed by atoms with van der Waals surface area (Å²) >= 11 is 0. The molecule has 5 aliphatic carbocycles. The molecule has 5 saturated carbocycles. The maximum absolute atomic E-state index is 11.5. The first kappa shape index (κ1) is 16.5. The molecule has 4 nitrogen and oxygen atoms in total. The van der Waals surface area contributed by atoms with Crippen LogP contribution in [0, 0.1) is 39.9 Å². The van der Waals surface area contributed by atoms with Gasteiger partial charge in [0, 0.05) is 29.3 Å². The van der Waals surface area contributed by atoms with Gasteiger partial charge in [-0.05, 0) is 67.4 Å². The lowest BCUT2D eigenvalue weighted by atomic mass is 9.43. The average Bonchev–Trinajstić information content (AvgIpc) is 3.14. The van der Waals surface area contributed by atoms with Crippen molar-refractivity contribution in [3.8, 4) is 0 Å². The number of aliphatic hydroxyl groups is 3. The fourth-order valence-corrected chi connectivity index (χ4v) is 9.97. The maximum Gasteiger partial charge on any atom is 0.0813 e. The molecular formula is C22H33NO3. The number of rotatable bonds is 1. The molecule has 6 aliphatic rings. The molecule has 0 aromatic rings. The molecule has 0 aromatic heterocycles. The van der Waals surface area contributed by atoms with E-state index in [-0.39, 0.29) is 34.2 Å². The molecule has 6 fully saturated rings. The smallest absolute Gasteiger partial charge is 0.0813 e.